The molecule has 0 aliphatic rings. The van der Waals surface area contributed by atoms with E-state index in [1.165, 1.54) is 0 Å². The number of aromatic nitrogens is 7. The molecule has 0 fully saturated rings. The van der Waals surface area contributed by atoms with Gasteiger partial charge in [-0.1, -0.05) is 72.8 Å². The third-order valence-corrected chi connectivity index (χ3v) is 9.39. The third-order valence-electron chi connectivity index (χ3n) is 9.39. The van der Waals surface area contributed by atoms with Crippen LogP contribution >= 0.6 is 0 Å². The van der Waals surface area contributed by atoms with Crippen LogP contribution in [0.2, 0.25) is 0 Å². The summed E-state index contributed by atoms with van der Waals surface area (Å²) in [7, 11) is 0. The normalized spacial score (nSPS) is 11.6. The summed E-state index contributed by atoms with van der Waals surface area (Å²) in [5, 5.41) is 4.57. The summed E-state index contributed by atoms with van der Waals surface area (Å²) in [5.74, 6) is 1.66. The zero-order valence-corrected chi connectivity index (χ0v) is 26.7. The van der Waals surface area contributed by atoms with E-state index < -0.39 is 0 Å². The van der Waals surface area contributed by atoms with Gasteiger partial charge in [0.15, 0.2) is 5.82 Å². The molecule has 5 aromatic heterocycles. The smallest absolute Gasteiger partial charge is 0.240 e. The lowest BCUT2D eigenvalue weighted by molar-refractivity contribution is 0.893. The number of nitrogens with zero attached hydrogens (tertiary/aromatic N) is 7. The summed E-state index contributed by atoms with van der Waals surface area (Å²) in [6.07, 6.45) is 7.27. The molecular weight excluding hydrogens is 615 g/mol. The fraction of sp³-hybridized carbons (Fsp3) is 0. The van der Waals surface area contributed by atoms with E-state index in [1.54, 1.807) is 0 Å². The second-order valence-electron chi connectivity index (χ2n) is 12.3. The fourth-order valence-electron chi connectivity index (χ4n) is 7.14. The van der Waals surface area contributed by atoms with Gasteiger partial charge in [0.1, 0.15) is 0 Å². The van der Waals surface area contributed by atoms with Gasteiger partial charge < -0.3 is 0 Å². The number of rotatable bonds is 5. The van der Waals surface area contributed by atoms with E-state index in [4.69, 9.17) is 15.0 Å². The second-order valence-corrected chi connectivity index (χ2v) is 12.3. The second kappa shape index (κ2) is 11.3. The van der Waals surface area contributed by atoms with Gasteiger partial charge in [-0.3, -0.25) is 19.1 Å². The van der Waals surface area contributed by atoms with Gasteiger partial charge in [0.2, 0.25) is 11.9 Å². The van der Waals surface area contributed by atoms with Crippen LogP contribution < -0.4 is 0 Å². The topological polar surface area (TPSA) is 74.3 Å². The zero-order valence-electron chi connectivity index (χ0n) is 26.7. The van der Waals surface area contributed by atoms with E-state index >= 15 is 0 Å². The molecule has 10 aromatic rings. The molecule has 10 rings (SSSR count). The highest BCUT2D eigenvalue weighted by molar-refractivity contribution is 6.10. The first-order valence-corrected chi connectivity index (χ1v) is 16.5. The third kappa shape index (κ3) is 4.48. The molecule has 0 aliphatic heterocycles. The van der Waals surface area contributed by atoms with Gasteiger partial charge in [-0.15, -0.1) is 0 Å². The first-order valence-electron chi connectivity index (χ1n) is 16.5. The first-order chi connectivity index (χ1) is 24.8. The Kier molecular flexibility index (Phi) is 6.35. The summed E-state index contributed by atoms with van der Waals surface area (Å²) >= 11 is 0. The SMILES string of the molecule is c1ccc2c(c1)c1ccccc1n2-c1nc(-c2cc(-c3ccncc3)cc(-c3ccncc3)c2)nc(-n2c3ccccc3c3ccccc32)n1. The van der Waals surface area contributed by atoms with Crippen LogP contribution in [-0.2, 0) is 0 Å². The van der Waals surface area contributed by atoms with E-state index in [2.05, 4.69) is 134 Å². The van der Waals surface area contributed by atoms with Crippen molar-refractivity contribution in [1.29, 1.82) is 0 Å². The number of fused-ring (bicyclic) bond motifs is 6. The highest BCUT2D eigenvalue weighted by Gasteiger charge is 2.21. The number of benzene rings is 5. The van der Waals surface area contributed by atoms with Crippen LogP contribution in [0.4, 0.5) is 0 Å². The number of para-hydroxylation sites is 4. The van der Waals surface area contributed by atoms with Gasteiger partial charge >= 0.3 is 0 Å². The Balaban J connectivity index is 1.31. The van der Waals surface area contributed by atoms with Crippen LogP contribution in [0, 0.1) is 0 Å². The minimum absolute atomic E-state index is 0.545. The lowest BCUT2D eigenvalue weighted by atomic mass is 9.97. The lowest BCUT2D eigenvalue weighted by Crippen LogP contribution is -2.10. The van der Waals surface area contributed by atoms with Crippen molar-refractivity contribution >= 4 is 43.6 Å². The molecule has 5 heterocycles. The minimum atomic E-state index is 0.545. The van der Waals surface area contributed by atoms with E-state index in [1.807, 2.05) is 49.1 Å². The monoisotopic (exact) mass is 641 g/mol. The summed E-state index contributed by atoms with van der Waals surface area (Å²) in [5.41, 5.74) is 9.17. The van der Waals surface area contributed by atoms with Crippen molar-refractivity contribution in [3.8, 4) is 45.5 Å². The van der Waals surface area contributed by atoms with E-state index in [-0.39, 0.29) is 0 Å². The Hall–Kier alpha value is -6.99. The van der Waals surface area contributed by atoms with Crippen LogP contribution in [0.3, 0.4) is 0 Å². The van der Waals surface area contributed by atoms with Gasteiger partial charge in [0.25, 0.3) is 0 Å². The largest absolute Gasteiger partial charge is 0.278 e. The van der Waals surface area contributed by atoms with Crippen molar-refractivity contribution in [3.63, 3.8) is 0 Å². The molecule has 0 aliphatic carbocycles. The van der Waals surface area contributed by atoms with E-state index in [9.17, 15) is 0 Å². The summed E-state index contributed by atoms with van der Waals surface area (Å²) in [4.78, 5) is 24.4. The van der Waals surface area contributed by atoms with Crippen LogP contribution in [0.15, 0.2) is 164 Å². The van der Waals surface area contributed by atoms with Gasteiger partial charge in [-0.2, -0.15) is 15.0 Å². The van der Waals surface area contributed by atoms with Crippen molar-refractivity contribution in [3.05, 3.63) is 164 Å². The lowest BCUT2D eigenvalue weighted by Gasteiger charge is -2.14. The average molecular weight is 642 g/mol. The molecule has 0 amide bonds. The van der Waals surface area contributed by atoms with Crippen LogP contribution in [-0.4, -0.2) is 34.1 Å². The summed E-state index contributed by atoms with van der Waals surface area (Å²) in [6, 6.07) is 48.3. The van der Waals surface area contributed by atoms with Crippen molar-refractivity contribution < 1.29 is 0 Å². The molecule has 0 bridgehead atoms. The Morgan fingerprint density at radius 3 is 1.04 bits per heavy atom. The summed E-state index contributed by atoms with van der Waals surface area (Å²) < 4.78 is 4.31. The number of hydrogen-bond acceptors (Lipinski definition) is 5. The quantitative estimate of drug-likeness (QED) is 0.187. The van der Waals surface area contributed by atoms with Crippen LogP contribution in [0.1, 0.15) is 0 Å². The Labute approximate surface area is 286 Å². The minimum Gasteiger partial charge on any atom is -0.278 e. The molecule has 0 radical (unpaired) electrons. The number of pyridine rings is 2. The van der Waals surface area contributed by atoms with Crippen molar-refractivity contribution in [1.82, 2.24) is 34.1 Å². The number of hydrogen-bond donors (Lipinski definition) is 0. The van der Waals surface area contributed by atoms with Crippen molar-refractivity contribution in [2.75, 3.05) is 0 Å². The van der Waals surface area contributed by atoms with Gasteiger partial charge in [-0.05, 0) is 89.0 Å². The fourth-order valence-corrected chi connectivity index (χ4v) is 7.14. The van der Waals surface area contributed by atoms with Crippen molar-refractivity contribution in [2.45, 2.75) is 0 Å². The van der Waals surface area contributed by atoms with E-state index in [0.717, 1.165) is 71.4 Å². The average Bonchev–Trinajstić information content (AvgIpc) is 3.71. The Bertz CT molecular complexity index is 2580. The molecule has 234 valence electrons. The van der Waals surface area contributed by atoms with Gasteiger partial charge in [-0.25, -0.2) is 0 Å². The molecule has 7 nitrogen and oxygen atoms in total. The molecule has 7 heteroatoms. The van der Waals surface area contributed by atoms with E-state index in [0.29, 0.717) is 17.7 Å². The molecule has 0 N–H and O–H groups in total. The molecular formula is C43H27N7. The molecule has 50 heavy (non-hydrogen) atoms. The molecule has 5 aromatic carbocycles. The van der Waals surface area contributed by atoms with Crippen LogP contribution in [0.25, 0.3) is 89.2 Å². The molecule has 0 saturated heterocycles. The maximum absolute atomic E-state index is 5.29. The maximum atomic E-state index is 5.29. The first kappa shape index (κ1) is 28.1. The van der Waals surface area contributed by atoms with Gasteiger partial charge in [0, 0.05) is 51.9 Å². The van der Waals surface area contributed by atoms with Gasteiger partial charge in [0.05, 0.1) is 22.1 Å². The maximum Gasteiger partial charge on any atom is 0.240 e. The van der Waals surface area contributed by atoms with Crippen LogP contribution in [0.5, 0.6) is 0 Å². The highest BCUT2D eigenvalue weighted by Crippen LogP contribution is 2.36. The molecule has 0 saturated carbocycles. The summed E-state index contributed by atoms with van der Waals surface area (Å²) in [6.45, 7) is 0. The molecule has 0 spiro atoms. The molecule has 0 atom stereocenters. The predicted octanol–water partition coefficient (Wildman–Crippen LogP) is 9.86. The van der Waals surface area contributed by atoms with Crippen molar-refractivity contribution in [2.24, 2.45) is 0 Å². The standard InChI is InChI=1S/C43H27N7/c1-5-13-37-33(9-1)34-10-2-6-14-38(34)49(37)42-46-41(47-43(48-42)50-39-15-7-3-11-35(39)36-12-4-8-16-40(36)50)32-26-30(28-17-21-44-22-18-28)25-31(27-32)29-19-23-45-24-20-29/h1-27H. The molecule has 0 unspecified atom stereocenters. The Morgan fingerprint density at radius 2 is 0.660 bits per heavy atom. The zero-order chi connectivity index (χ0) is 33.0. The highest BCUT2D eigenvalue weighted by atomic mass is 15.3. The Morgan fingerprint density at radius 1 is 0.320 bits per heavy atom. The predicted molar refractivity (Wildman–Crippen MR) is 200 cm³/mol.